The number of nitrogens with zero attached hydrogens (tertiary/aromatic N) is 1. The van der Waals surface area contributed by atoms with Crippen LogP contribution in [0.15, 0.2) is 133 Å². The third-order valence-corrected chi connectivity index (χ3v) is 11.1. The van der Waals surface area contributed by atoms with Crippen LogP contribution in [0.5, 0.6) is 0 Å². The van der Waals surface area contributed by atoms with Crippen molar-refractivity contribution in [2.75, 3.05) is 4.90 Å². The molecule has 0 heterocycles. The third kappa shape index (κ3) is 6.51. The Morgan fingerprint density at radius 2 is 0.885 bits per heavy atom. The van der Waals surface area contributed by atoms with Gasteiger partial charge in [-0.15, -0.1) is 0 Å². The standard InChI is InChI=1S/C51H55N/c1-48(2,3)37-27-35(28-38(31-37)49(4,5)6)36-29-39(50(7,8)9)32-41(30-36)52(47-24-18-16-21-42(47)34-19-13-12-14-20-34)40-25-26-44-43-22-15-17-23-45(43)51(10,11)46(44)33-40/h12-33H,1-11H3. The van der Waals surface area contributed by atoms with Crippen molar-refractivity contribution in [3.8, 4) is 33.4 Å². The fourth-order valence-corrected chi connectivity index (χ4v) is 7.79. The normalized spacial score (nSPS) is 13.8. The van der Waals surface area contributed by atoms with E-state index in [4.69, 9.17) is 0 Å². The Morgan fingerprint density at radius 1 is 0.385 bits per heavy atom. The monoisotopic (exact) mass is 681 g/mol. The molecule has 0 fully saturated rings. The lowest BCUT2D eigenvalue weighted by atomic mass is 9.78. The summed E-state index contributed by atoms with van der Waals surface area (Å²) in [4.78, 5) is 2.51. The largest absolute Gasteiger partial charge is 0.310 e. The molecule has 0 aromatic heterocycles. The molecule has 1 nitrogen and oxygen atoms in total. The predicted molar refractivity (Wildman–Crippen MR) is 226 cm³/mol. The number of hydrogen-bond acceptors (Lipinski definition) is 1. The summed E-state index contributed by atoms with van der Waals surface area (Å²) in [6, 6.07) is 50.4. The van der Waals surface area contributed by atoms with Gasteiger partial charge in [0, 0.05) is 22.4 Å². The number of rotatable bonds is 5. The highest BCUT2D eigenvalue weighted by Crippen LogP contribution is 2.52. The van der Waals surface area contributed by atoms with Gasteiger partial charge in [-0.1, -0.05) is 179 Å². The average molecular weight is 682 g/mol. The summed E-state index contributed by atoms with van der Waals surface area (Å²) < 4.78 is 0. The molecule has 52 heavy (non-hydrogen) atoms. The first-order chi connectivity index (χ1) is 24.4. The fraction of sp³-hybridized carbons (Fsp3) is 0.294. The molecule has 0 bridgehead atoms. The zero-order valence-electron chi connectivity index (χ0n) is 33.1. The van der Waals surface area contributed by atoms with Gasteiger partial charge >= 0.3 is 0 Å². The van der Waals surface area contributed by atoms with E-state index in [1.165, 1.54) is 66.9 Å². The molecule has 0 spiro atoms. The lowest BCUT2D eigenvalue weighted by Crippen LogP contribution is -2.18. The van der Waals surface area contributed by atoms with Crippen LogP contribution in [-0.2, 0) is 21.7 Å². The van der Waals surface area contributed by atoms with Crippen LogP contribution < -0.4 is 4.90 Å². The molecular formula is C51H55N. The Bertz CT molecular complexity index is 2230. The van der Waals surface area contributed by atoms with Crippen molar-refractivity contribution < 1.29 is 0 Å². The topological polar surface area (TPSA) is 3.24 Å². The van der Waals surface area contributed by atoms with Gasteiger partial charge in [0.2, 0.25) is 0 Å². The maximum Gasteiger partial charge on any atom is 0.0540 e. The SMILES string of the molecule is CC(C)(C)c1cc(-c2cc(C(C)(C)C)cc(C(C)(C)C)c2)cc(N(c2ccc3c(c2)C(C)(C)c2ccccc2-3)c2ccccc2-c2ccccc2)c1. The Labute approximate surface area is 313 Å². The van der Waals surface area contributed by atoms with Crippen molar-refractivity contribution in [1.82, 2.24) is 0 Å². The third-order valence-electron chi connectivity index (χ3n) is 11.1. The highest BCUT2D eigenvalue weighted by Gasteiger charge is 2.36. The number of fused-ring (bicyclic) bond motifs is 3. The molecule has 0 saturated carbocycles. The average Bonchev–Trinajstić information content (AvgIpc) is 3.33. The molecule has 6 aromatic rings. The first-order valence-electron chi connectivity index (χ1n) is 18.9. The van der Waals surface area contributed by atoms with Crippen LogP contribution in [0.2, 0.25) is 0 Å². The fourth-order valence-electron chi connectivity index (χ4n) is 7.79. The van der Waals surface area contributed by atoms with Gasteiger partial charge in [-0.05, 0) is 102 Å². The van der Waals surface area contributed by atoms with Crippen molar-refractivity contribution >= 4 is 17.1 Å². The molecule has 0 aliphatic heterocycles. The maximum atomic E-state index is 2.51. The van der Waals surface area contributed by atoms with Gasteiger partial charge in [0.25, 0.3) is 0 Å². The number of anilines is 3. The van der Waals surface area contributed by atoms with Crippen LogP contribution in [0.1, 0.15) is 104 Å². The van der Waals surface area contributed by atoms with Gasteiger partial charge in [-0.2, -0.15) is 0 Å². The van der Waals surface area contributed by atoms with E-state index in [-0.39, 0.29) is 21.7 Å². The summed E-state index contributed by atoms with van der Waals surface area (Å²) in [5, 5.41) is 0. The predicted octanol–water partition coefficient (Wildman–Crippen LogP) is 14.7. The summed E-state index contributed by atoms with van der Waals surface area (Å²) in [7, 11) is 0. The summed E-state index contributed by atoms with van der Waals surface area (Å²) in [6.45, 7) is 25.7. The van der Waals surface area contributed by atoms with Gasteiger partial charge in [0.1, 0.15) is 0 Å². The molecule has 0 atom stereocenters. The van der Waals surface area contributed by atoms with Crippen molar-refractivity contribution in [3.05, 3.63) is 161 Å². The highest BCUT2D eigenvalue weighted by molar-refractivity contribution is 5.91. The summed E-state index contributed by atoms with van der Waals surface area (Å²) in [6.07, 6.45) is 0. The van der Waals surface area contributed by atoms with E-state index in [1.54, 1.807) is 0 Å². The van der Waals surface area contributed by atoms with Crippen LogP contribution in [-0.4, -0.2) is 0 Å². The zero-order chi connectivity index (χ0) is 37.2. The minimum Gasteiger partial charge on any atom is -0.310 e. The highest BCUT2D eigenvalue weighted by atomic mass is 15.1. The summed E-state index contributed by atoms with van der Waals surface area (Å²) >= 11 is 0. The minimum atomic E-state index is -0.109. The van der Waals surface area contributed by atoms with Crippen LogP contribution >= 0.6 is 0 Å². The van der Waals surface area contributed by atoms with E-state index in [1.807, 2.05) is 0 Å². The Morgan fingerprint density at radius 3 is 1.50 bits per heavy atom. The second kappa shape index (κ2) is 12.7. The first kappa shape index (κ1) is 35.5. The molecule has 6 aromatic carbocycles. The van der Waals surface area contributed by atoms with Crippen LogP contribution in [0, 0.1) is 0 Å². The van der Waals surface area contributed by atoms with Crippen molar-refractivity contribution in [1.29, 1.82) is 0 Å². The van der Waals surface area contributed by atoms with E-state index in [0.29, 0.717) is 0 Å². The van der Waals surface area contributed by atoms with Gasteiger partial charge in [0.15, 0.2) is 0 Å². The second-order valence-corrected chi connectivity index (χ2v) is 18.4. The first-order valence-corrected chi connectivity index (χ1v) is 18.9. The van der Waals surface area contributed by atoms with Crippen molar-refractivity contribution in [2.45, 2.75) is 97.8 Å². The molecular weight excluding hydrogens is 627 g/mol. The van der Waals surface area contributed by atoms with E-state index in [9.17, 15) is 0 Å². The van der Waals surface area contributed by atoms with E-state index >= 15 is 0 Å². The zero-order valence-corrected chi connectivity index (χ0v) is 33.1. The Kier molecular flexibility index (Phi) is 8.65. The lowest BCUT2D eigenvalue weighted by Gasteiger charge is -2.32. The molecule has 0 amide bonds. The van der Waals surface area contributed by atoms with Crippen LogP contribution in [0.25, 0.3) is 33.4 Å². The van der Waals surface area contributed by atoms with Crippen molar-refractivity contribution in [3.63, 3.8) is 0 Å². The molecule has 1 aliphatic rings. The summed E-state index contributed by atoms with van der Waals surface area (Å²) in [5.41, 5.74) is 17.8. The van der Waals surface area contributed by atoms with Gasteiger partial charge in [-0.25, -0.2) is 0 Å². The van der Waals surface area contributed by atoms with Gasteiger partial charge in [0.05, 0.1) is 5.69 Å². The summed E-state index contributed by atoms with van der Waals surface area (Å²) in [5.74, 6) is 0. The van der Waals surface area contributed by atoms with E-state index in [2.05, 4.69) is 215 Å². The van der Waals surface area contributed by atoms with E-state index < -0.39 is 0 Å². The molecule has 264 valence electrons. The molecule has 1 heteroatoms. The molecule has 0 radical (unpaired) electrons. The molecule has 1 aliphatic carbocycles. The Hall–Kier alpha value is -4.88. The number of benzene rings is 6. The van der Waals surface area contributed by atoms with Crippen LogP contribution in [0.4, 0.5) is 17.1 Å². The smallest absolute Gasteiger partial charge is 0.0540 e. The Balaban J connectivity index is 1.52. The molecule has 0 unspecified atom stereocenters. The quantitative estimate of drug-likeness (QED) is 0.175. The second-order valence-electron chi connectivity index (χ2n) is 18.4. The molecule has 0 saturated heterocycles. The number of hydrogen-bond donors (Lipinski definition) is 0. The van der Waals surface area contributed by atoms with Gasteiger partial charge in [-0.3, -0.25) is 0 Å². The van der Waals surface area contributed by atoms with Crippen LogP contribution in [0.3, 0.4) is 0 Å². The van der Waals surface area contributed by atoms with Gasteiger partial charge < -0.3 is 4.90 Å². The van der Waals surface area contributed by atoms with Crippen molar-refractivity contribution in [2.24, 2.45) is 0 Å². The maximum absolute atomic E-state index is 2.51. The minimum absolute atomic E-state index is 0.0237. The molecule has 7 rings (SSSR count). The lowest BCUT2D eigenvalue weighted by molar-refractivity contribution is 0.569. The van der Waals surface area contributed by atoms with E-state index in [0.717, 1.165) is 11.4 Å². The number of para-hydroxylation sites is 1. The molecule has 0 N–H and O–H groups in total.